The van der Waals surface area contributed by atoms with Crippen molar-refractivity contribution >= 4 is 56.1 Å². The highest BCUT2D eigenvalue weighted by atomic mass is 79.9. The number of halogens is 1. The number of benzene rings is 4. The van der Waals surface area contributed by atoms with Gasteiger partial charge in [0.2, 0.25) is 11.8 Å². The van der Waals surface area contributed by atoms with E-state index in [2.05, 4.69) is 34.4 Å². The van der Waals surface area contributed by atoms with Crippen molar-refractivity contribution in [1.29, 1.82) is 0 Å². The summed E-state index contributed by atoms with van der Waals surface area (Å²) in [4.78, 5) is 60.3. The molecule has 4 aromatic carbocycles. The number of fused-ring (bicyclic) bond motifs is 2. The van der Waals surface area contributed by atoms with Gasteiger partial charge in [-0.25, -0.2) is 0 Å². The monoisotopic (exact) mass is 805 g/mol. The number of hydrogen-bond acceptors (Lipinski definition) is 7. The van der Waals surface area contributed by atoms with Gasteiger partial charge in [0, 0.05) is 23.5 Å². The van der Waals surface area contributed by atoms with E-state index in [1.54, 1.807) is 17.1 Å². The zero-order valence-corrected chi connectivity index (χ0v) is 31.9. The highest BCUT2D eigenvalue weighted by molar-refractivity contribution is 9.09. The first-order valence-corrected chi connectivity index (χ1v) is 19.5. The number of esters is 1. The fourth-order valence-corrected chi connectivity index (χ4v) is 9.54. The molecule has 0 aromatic heterocycles. The van der Waals surface area contributed by atoms with Gasteiger partial charge in [0.05, 0.1) is 36.6 Å². The van der Waals surface area contributed by atoms with Crippen molar-refractivity contribution in [3.8, 4) is 0 Å². The maximum Gasteiger partial charge on any atom is 0.306 e. The number of ether oxygens (including phenoxy) is 2. The topological polar surface area (TPSA) is 125 Å². The minimum atomic E-state index is -1.41. The Hall–Kier alpha value is -5.10. The fraction of sp³-hybridized carbons (Fsp3) is 0.318. The first-order valence-electron chi connectivity index (χ1n) is 18.5. The van der Waals surface area contributed by atoms with Crippen molar-refractivity contribution in [2.45, 2.75) is 53.9 Å². The summed E-state index contributed by atoms with van der Waals surface area (Å²) in [5.41, 5.74) is 0.560. The predicted molar refractivity (Wildman–Crippen MR) is 213 cm³/mol. The van der Waals surface area contributed by atoms with Crippen LogP contribution in [0.1, 0.15) is 42.5 Å². The molecule has 3 aliphatic rings. The van der Waals surface area contributed by atoms with Gasteiger partial charge in [-0.1, -0.05) is 119 Å². The third-order valence-corrected chi connectivity index (χ3v) is 11.9. The number of hydrogen-bond donors (Lipinski definition) is 2. The van der Waals surface area contributed by atoms with Gasteiger partial charge in [-0.15, -0.1) is 13.2 Å². The van der Waals surface area contributed by atoms with Crippen molar-refractivity contribution in [1.82, 2.24) is 10.2 Å². The van der Waals surface area contributed by atoms with Gasteiger partial charge in [0.15, 0.2) is 0 Å². The lowest BCUT2D eigenvalue weighted by molar-refractivity contribution is -0.146. The molecule has 8 atom stereocenters. The molecule has 55 heavy (non-hydrogen) atoms. The lowest BCUT2D eigenvalue weighted by Crippen LogP contribution is -2.57. The quantitative estimate of drug-likeness (QED) is 0.0833. The van der Waals surface area contributed by atoms with E-state index in [-0.39, 0.29) is 30.8 Å². The average Bonchev–Trinajstić information content (AvgIpc) is 3.81. The van der Waals surface area contributed by atoms with E-state index in [4.69, 9.17) is 9.47 Å². The summed E-state index contributed by atoms with van der Waals surface area (Å²) in [6.07, 6.45) is 3.42. The summed E-state index contributed by atoms with van der Waals surface area (Å²) in [6, 6.07) is 29.0. The van der Waals surface area contributed by atoms with Crippen LogP contribution in [-0.4, -0.2) is 76.0 Å². The minimum Gasteiger partial charge on any atom is -0.463 e. The highest BCUT2D eigenvalue weighted by Crippen LogP contribution is 2.61. The van der Waals surface area contributed by atoms with Crippen molar-refractivity contribution in [3.63, 3.8) is 0 Å². The first kappa shape index (κ1) is 38.2. The van der Waals surface area contributed by atoms with Crippen LogP contribution in [-0.2, 0) is 28.7 Å². The van der Waals surface area contributed by atoms with Crippen LogP contribution in [0.4, 0.5) is 5.69 Å². The van der Waals surface area contributed by atoms with E-state index in [0.29, 0.717) is 23.2 Å². The fourth-order valence-electron chi connectivity index (χ4n) is 8.60. The third kappa shape index (κ3) is 7.12. The van der Waals surface area contributed by atoms with E-state index in [9.17, 15) is 14.7 Å². The number of carbonyl (C=O) groups excluding carboxylic acids is 4. The second-order valence-corrected chi connectivity index (χ2v) is 15.4. The van der Waals surface area contributed by atoms with Gasteiger partial charge >= 0.3 is 5.97 Å². The smallest absolute Gasteiger partial charge is 0.306 e. The van der Waals surface area contributed by atoms with Crippen molar-refractivity contribution < 1.29 is 33.8 Å². The van der Waals surface area contributed by atoms with Crippen LogP contribution in [0.25, 0.3) is 10.8 Å². The Bertz CT molecular complexity index is 2080. The Morgan fingerprint density at radius 2 is 1.64 bits per heavy atom. The van der Waals surface area contributed by atoms with Crippen LogP contribution in [0.3, 0.4) is 0 Å². The molecule has 11 heteroatoms. The molecule has 1 unspecified atom stereocenters. The number of anilines is 1. The summed E-state index contributed by atoms with van der Waals surface area (Å²) >= 11 is 3.77. The molecular formula is C44H44BrN3O7. The molecule has 3 aliphatic heterocycles. The number of aliphatic hydroxyl groups is 1. The van der Waals surface area contributed by atoms with Gasteiger partial charge in [0.25, 0.3) is 5.91 Å². The molecule has 7 rings (SSSR count). The van der Waals surface area contributed by atoms with Gasteiger partial charge in [0.1, 0.15) is 18.2 Å². The summed E-state index contributed by atoms with van der Waals surface area (Å²) in [5.74, 6) is -3.80. The summed E-state index contributed by atoms with van der Waals surface area (Å²) in [6.45, 7) is 7.15. The van der Waals surface area contributed by atoms with Crippen molar-refractivity contribution in [2.24, 2.45) is 11.8 Å². The molecule has 3 amide bonds. The third-order valence-electron chi connectivity index (χ3n) is 11.1. The lowest BCUT2D eigenvalue weighted by atomic mass is 9.70. The maximum atomic E-state index is 15.3. The molecule has 0 aliphatic carbocycles. The van der Waals surface area contributed by atoms with Crippen LogP contribution in [0.2, 0.25) is 0 Å². The normalized spacial score (nSPS) is 24.9. The molecule has 0 saturated carbocycles. The Kier molecular flexibility index (Phi) is 11.3. The highest BCUT2D eigenvalue weighted by Gasteiger charge is 2.77. The van der Waals surface area contributed by atoms with Gasteiger partial charge in [-0.05, 0) is 46.9 Å². The molecule has 3 heterocycles. The molecule has 4 aromatic rings. The van der Waals surface area contributed by atoms with Crippen LogP contribution in [0.15, 0.2) is 128 Å². The summed E-state index contributed by atoms with van der Waals surface area (Å²) < 4.78 is 12.4. The van der Waals surface area contributed by atoms with Crippen LogP contribution in [0.5, 0.6) is 0 Å². The zero-order valence-electron chi connectivity index (χ0n) is 30.3. The Labute approximate surface area is 328 Å². The number of likely N-dealkylation sites (tertiary alicyclic amines) is 1. The van der Waals surface area contributed by atoms with E-state index in [1.165, 1.54) is 4.90 Å². The number of allylic oxidation sites excluding steroid dienone is 1. The molecule has 3 saturated heterocycles. The van der Waals surface area contributed by atoms with Gasteiger partial charge in [-0.3, -0.25) is 19.2 Å². The standard InChI is InChI=1S/C44H44BrN3O7/c1-3-5-20-36(50)54-27-34(29-15-8-6-9-16-29)46-41(51)37-38-42(52)48(35(26-49)30-17-10-7-11-18-30)40(44(38)25-33(45)39(37)55-44)43(53)47(23-4-2)32-22-21-28-14-12-13-19-31(28)24-32/h3-4,6-19,21-22,24,33-35,37-40,49H,1-2,5,20,23,25-27H2,(H,46,51)/t33?,34-,35-,37-,38+,39-,40-,44+/m1/s1. The first-order chi connectivity index (χ1) is 26.7. The van der Waals surface area contributed by atoms with E-state index in [1.807, 2.05) is 103 Å². The second-order valence-electron chi connectivity index (χ2n) is 14.3. The van der Waals surface area contributed by atoms with Crippen LogP contribution in [0, 0.1) is 11.8 Å². The minimum absolute atomic E-state index is 0.123. The number of carbonyl (C=O) groups is 4. The number of aliphatic hydroxyl groups excluding tert-OH is 1. The predicted octanol–water partition coefficient (Wildman–Crippen LogP) is 6.21. The lowest BCUT2D eigenvalue weighted by Gasteiger charge is -2.39. The van der Waals surface area contributed by atoms with Crippen LogP contribution >= 0.6 is 15.9 Å². The number of alkyl halides is 1. The molecule has 10 nitrogen and oxygen atoms in total. The SMILES string of the molecule is C=CCCC(=O)OC[C@@H](NC(=O)[C@H]1[C@@H]2O[C@@]3(CC2Br)[C@@H]1C(=O)N([C@H](CO)c1ccccc1)[C@@H]3C(=O)N(CC=C)c1ccc2ccccc2c1)c1ccccc1. The Morgan fingerprint density at radius 3 is 2.31 bits per heavy atom. The molecule has 284 valence electrons. The molecule has 1 spiro atoms. The molecule has 3 fully saturated rings. The largest absolute Gasteiger partial charge is 0.463 e. The second kappa shape index (κ2) is 16.3. The molecule has 2 bridgehead atoms. The van der Waals surface area contributed by atoms with E-state index >= 15 is 9.59 Å². The van der Waals surface area contributed by atoms with E-state index in [0.717, 1.165) is 10.8 Å². The molecular weight excluding hydrogens is 762 g/mol. The van der Waals surface area contributed by atoms with Gasteiger partial charge in [-0.2, -0.15) is 0 Å². The molecule has 0 radical (unpaired) electrons. The van der Waals surface area contributed by atoms with E-state index < -0.39 is 72.0 Å². The Balaban J connectivity index is 1.28. The number of amides is 3. The number of nitrogens with one attached hydrogen (secondary N) is 1. The van der Waals surface area contributed by atoms with Crippen molar-refractivity contribution in [3.05, 3.63) is 140 Å². The van der Waals surface area contributed by atoms with Crippen LogP contribution < -0.4 is 10.2 Å². The Morgan fingerprint density at radius 1 is 0.964 bits per heavy atom. The zero-order chi connectivity index (χ0) is 38.7. The number of rotatable bonds is 15. The van der Waals surface area contributed by atoms with Crippen molar-refractivity contribution in [2.75, 3.05) is 24.7 Å². The average molecular weight is 807 g/mol. The number of nitrogens with zero attached hydrogens (tertiary/aromatic N) is 2. The summed E-state index contributed by atoms with van der Waals surface area (Å²) in [7, 11) is 0. The maximum absolute atomic E-state index is 15.3. The van der Waals surface area contributed by atoms with Gasteiger partial charge < -0.3 is 29.7 Å². The molecule has 2 N–H and O–H groups in total. The summed E-state index contributed by atoms with van der Waals surface area (Å²) in [5, 5.41) is 16.0.